The van der Waals surface area contributed by atoms with Crippen molar-refractivity contribution in [2.45, 2.75) is 52.2 Å². The number of piperidine rings is 1. The van der Waals surface area contributed by atoms with Crippen LogP contribution >= 0.6 is 39.9 Å². The molecule has 1 fully saturated rings. The highest BCUT2D eigenvalue weighted by Crippen LogP contribution is 2.17. The molecule has 0 radical (unpaired) electrons. The van der Waals surface area contributed by atoms with Gasteiger partial charge in [0.25, 0.3) is 0 Å². The van der Waals surface area contributed by atoms with Gasteiger partial charge in [-0.3, -0.25) is 0 Å². The van der Waals surface area contributed by atoms with Gasteiger partial charge in [-0.25, -0.2) is 9.38 Å². The van der Waals surface area contributed by atoms with Crippen molar-refractivity contribution in [3.63, 3.8) is 0 Å². The van der Waals surface area contributed by atoms with E-state index in [1.54, 1.807) is 6.07 Å². The highest BCUT2D eigenvalue weighted by Gasteiger charge is 2.21. The van der Waals surface area contributed by atoms with Crippen molar-refractivity contribution < 1.29 is 4.39 Å². The smallest absolute Gasteiger partial charge is 0.191 e. The van der Waals surface area contributed by atoms with Crippen molar-refractivity contribution in [2.75, 3.05) is 19.6 Å². The summed E-state index contributed by atoms with van der Waals surface area (Å²) in [7, 11) is 0. The molecule has 0 aromatic heterocycles. The third-order valence-electron chi connectivity index (χ3n) is 4.35. The first kappa shape index (κ1) is 22.6. The number of benzene rings is 1. The molecule has 0 amide bonds. The minimum atomic E-state index is -0.248. The molecule has 2 N–H and O–H groups in total. The van der Waals surface area contributed by atoms with Crippen LogP contribution in [0.5, 0.6) is 0 Å². The SMILES string of the molecule is CCNC(=NCc1ccc(Br)c(F)c1)NC1CCN(C(C)C)CC1.I. The van der Waals surface area contributed by atoms with Crippen LogP contribution in [0.4, 0.5) is 4.39 Å². The van der Waals surface area contributed by atoms with Crippen LogP contribution in [0.2, 0.25) is 0 Å². The van der Waals surface area contributed by atoms with E-state index in [9.17, 15) is 4.39 Å². The van der Waals surface area contributed by atoms with Gasteiger partial charge in [-0.05, 0) is 67.2 Å². The van der Waals surface area contributed by atoms with Gasteiger partial charge < -0.3 is 15.5 Å². The number of halogens is 3. The fraction of sp³-hybridized carbons (Fsp3) is 0.611. The second-order valence-electron chi connectivity index (χ2n) is 6.49. The average Bonchev–Trinajstić information content (AvgIpc) is 2.56. The molecule has 1 aliphatic heterocycles. The summed E-state index contributed by atoms with van der Waals surface area (Å²) in [6.45, 7) is 10.1. The molecular weight excluding hydrogens is 498 g/mol. The van der Waals surface area contributed by atoms with E-state index in [0.717, 1.165) is 44.0 Å². The lowest BCUT2D eigenvalue weighted by Crippen LogP contribution is -2.49. The molecular formula is C18H29BrFIN4. The topological polar surface area (TPSA) is 39.7 Å². The van der Waals surface area contributed by atoms with Crippen molar-refractivity contribution in [2.24, 2.45) is 4.99 Å². The van der Waals surface area contributed by atoms with Gasteiger partial charge in [0.2, 0.25) is 0 Å². The number of hydrogen-bond donors (Lipinski definition) is 2. The predicted molar refractivity (Wildman–Crippen MR) is 117 cm³/mol. The fourth-order valence-corrected chi connectivity index (χ4v) is 3.13. The number of hydrogen-bond acceptors (Lipinski definition) is 2. The largest absolute Gasteiger partial charge is 0.357 e. The van der Waals surface area contributed by atoms with Crippen molar-refractivity contribution in [3.05, 3.63) is 34.1 Å². The third kappa shape index (κ3) is 7.38. The van der Waals surface area contributed by atoms with E-state index < -0.39 is 0 Å². The van der Waals surface area contributed by atoms with Crippen LogP contribution in [0.3, 0.4) is 0 Å². The summed E-state index contributed by atoms with van der Waals surface area (Å²) in [6, 6.07) is 6.20. The Kier molecular flexibility index (Phi) is 10.3. The summed E-state index contributed by atoms with van der Waals surface area (Å²) in [5.41, 5.74) is 0.863. The summed E-state index contributed by atoms with van der Waals surface area (Å²) in [5.74, 6) is 0.561. The molecule has 7 heteroatoms. The molecule has 0 spiro atoms. The van der Waals surface area contributed by atoms with E-state index in [4.69, 9.17) is 0 Å². The second kappa shape index (κ2) is 11.3. The molecule has 0 atom stereocenters. The van der Waals surface area contributed by atoms with Crippen LogP contribution in [-0.4, -0.2) is 42.6 Å². The minimum Gasteiger partial charge on any atom is -0.357 e. The zero-order valence-corrected chi connectivity index (χ0v) is 19.1. The maximum absolute atomic E-state index is 13.6. The molecule has 2 rings (SSSR count). The molecule has 1 aromatic carbocycles. The first-order chi connectivity index (χ1) is 11.5. The number of rotatable bonds is 5. The normalized spacial score (nSPS) is 16.6. The number of guanidine groups is 1. The van der Waals surface area contributed by atoms with Gasteiger partial charge in [0, 0.05) is 31.7 Å². The highest BCUT2D eigenvalue weighted by atomic mass is 127. The zero-order chi connectivity index (χ0) is 17.5. The van der Waals surface area contributed by atoms with E-state index in [1.165, 1.54) is 6.07 Å². The van der Waals surface area contributed by atoms with Crippen LogP contribution in [0.1, 0.15) is 39.2 Å². The summed E-state index contributed by atoms with van der Waals surface area (Å²) >= 11 is 3.18. The molecule has 25 heavy (non-hydrogen) atoms. The van der Waals surface area contributed by atoms with Gasteiger partial charge in [0.1, 0.15) is 5.82 Å². The Morgan fingerprint density at radius 1 is 1.36 bits per heavy atom. The molecule has 1 saturated heterocycles. The predicted octanol–water partition coefficient (Wildman–Crippen LogP) is 4.13. The monoisotopic (exact) mass is 526 g/mol. The Morgan fingerprint density at radius 3 is 2.60 bits per heavy atom. The molecule has 0 bridgehead atoms. The first-order valence-corrected chi connectivity index (χ1v) is 9.51. The summed E-state index contributed by atoms with van der Waals surface area (Å²) < 4.78 is 14.1. The number of nitrogens with one attached hydrogen (secondary N) is 2. The Balaban J connectivity index is 0.00000312. The van der Waals surface area contributed by atoms with Crippen LogP contribution in [-0.2, 0) is 6.54 Å². The number of likely N-dealkylation sites (tertiary alicyclic amines) is 1. The lowest BCUT2D eigenvalue weighted by molar-refractivity contribution is 0.167. The second-order valence-corrected chi connectivity index (χ2v) is 7.35. The Labute approximate surface area is 176 Å². The van der Waals surface area contributed by atoms with E-state index in [2.05, 4.69) is 57.2 Å². The van der Waals surface area contributed by atoms with Gasteiger partial charge in [-0.2, -0.15) is 0 Å². The van der Waals surface area contributed by atoms with Crippen molar-refractivity contribution in [1.29, 1.82) is 0 Å². The first-order valence-electron chi connectivity index (χ1n) is 8.72. The summed E-state index contributed by atoms with van der Waals surface area (Å²) in [6.07, 6.45) is 2.24. The number of aliphatic imine (C=N–C) groups is 1. The average molecular weight is 527 g/mol. The van der Waals surface area contributed by atoms with Crippen LogP contribution in [0.25, 0.3) is 0 Å². The Hall–Kier alpha value is -0.410. The number of nitrogens with zero attached hydrogens (tertiary/aromatic N) is 2. The highest BCUT2D eigenvalue weighted by molar-refractivity contribution is 14.0. The van der Waals surface area contributed by atoms with Gasteiger partial charge in [0.05, 0.1) is 11.0 Å². The molecule has 0 unspecified atom stereocenters. The van der Waals surface area contributed by atoms with E-state index in [0.29, 0.717) is 23.1 Å². The summed E-state index contributed by atoms with van der Waals surface area (Å²) in [4.78, 5) is 7.11. The van der Waals surface area contributed by atoms with Crippen LogP contribution in [0.15, 0.2) is 27.7 Å². The van der Waals surface area contributed by atoms with Crippen LogP contribution < -0.4 is 10.6 Å². The Morgan fingerprint density at radius 2 is 2.04 bits per heavy atom. The van der Waals surface area contributed by atoms with Crippen LogP contribution in [0, 0.1) is 5.82 Å². The molecule has 0 aliphatic carbocycles. The van der Waals surface area contributed by atoms with Crippen molar-refractivity contribution >= 4 is 45.9 Å². The van der Waals surface area contributed by atoms with E-state index >= 15 is 0 Å². The Bertz CT molecular complexity index is 560. The van der Waals surface area contributed by atoms with Gasteiger partial charge in [-0.15, -0.1) is 24.0 Å². The summed E-state index contributed by atoms with van der Waals surface area (Å²) in [5, 5.41) is 6.80. The molecule has 1 aromatic rings. The third-order valence-corrected chi connectivity index (χ3v) is 4.99. The van der Waals surface area contributed by atoms with Gasteiger partial charge >= 0.3 is 0 Å². The molecule has 1 aliphatic rings. The van der Waals surface area contributed by atoms with Gasteiger partial charge in [-0.1, -0.05) is 6.07 Å². The van der Waals surface area contributed by atoms with Crippen molar-refractivity contribution in [1.82, 2.24) is 15.5 Å². The quantitative estimate of drug-likeness (QED) is 0.344. The fourth-order valence-electron chi connectivity index (χ4n) is 2.88. The lowest BCUT2D eigenvalue weighted by Gasteiger charge is -2.35. The van der Waals surface area contributed by atoms with Gasteiger partial charge in [0.15, 0.2) is 5.96 Å². The van der Waals surface area contributed by atoms with E-state index in [-0.39, 0.29) is 29.8 Å². The standard InChI is InChI=1S/C18H28BrFN4.HI/c1-4-21-18(22-12-14-5-6-16(19)17(20)11-14)23-15-7-9-24(10-8-15)13(2)3;/h5-6,11,13,15H,4,7-10,12H2,1-3H3,(H2,21,22,23);1H. The lowest BCUT2D eigenvalue weighted by atomic mass is 10.0. The molecule has 1 heterocycles. The van der Waals surface area contributed by atoms with Crippen molar-refractivity contribution in [3.8, 4) is 0 Å². The zero-order valence-electron chi connectivity index (χ0n) is 15.2. The molecule has 0 saturated carbocycles. The minimum absolute atomic E-state index is 0. The van der Waals surface area contributed by atoms with E-state index in [1.807, 2.05) is 6.07 Å². The maximum Gasteiger partial charge on any atom is 0.191 e. The maximum atomic E-state index is 13.6. The molecule has 142 valence electrons. The molecule has 4 nitrogen and oxygen atoms in total.